The van der Waals surface area contributed by atoms with Crippen LogP contribution in [-0.2, 0) is 20.1 Å². The van der Waals surface area contributed by atoms with Crippen molar-refractivity contribution in [1.29, 1.82) is 10.5 Å². The van der Waals surface area contributed by atoms with Gasteiger partial charge in [-0.1, -0.05) is 128 Å². The largest absolute Gasteiger partial charge is 0.340 e. The number of benzene rings is 6. The number of aromatic nitrogens is 4. The van der Waals surface area contributed by atoms with Gasteiger partial charge in [-0.3, -0.25) is 9.55 Å². The minimum absolute atomic E-state index is 0. The van der Waals surface area contributed by atoms with Gasteiger partial charge in [0.1, 0.15) is 5.82 Å². The molecule has 0 aliphatic heterocycles. The zero-order valence-corrected chi connectivity index (χ0v) is 39.7. The van der Waals surface area contributed by atoms with Crippen molar-refractivity contribution in [3.63, 3.8) is 0 Å². The van der Waals surface area contributed by atoms with Crippen molar-refractivity contribution in [2.75, 3.05) is 0 Å². The van der Waals surface area contributed by atoms with Gasteiger partial charge in [0.25, 0.3) is 0 Å². The molecule has 8 aromatic rings. The van der Waals surface area contributed by atoms with Crippen LogP contribution in [0.2, 0.25) is 0 Å². The van der Waals surface area contributed by atoms with Crippen molar-refractivity contribution < 1.29 is 20.1 Å². The molecule has 2 heterocycles. The minimum Gasteiger partial charge on any atom is -0.340 e. The van der Waals surface area contributed by atoms with Crippen LogP contribution in [0.25, 0.3) is 56.4 Å². The number of nitriles is 2. The quantitative estimate of drug-likeness (QED) is 0.128. The predicted molar refractivity (Wildman–Crippen MR) is 253 cm³/mol. The molecule has 0 aliphatic carbocycles. The Morgan fingerprint density at radius 2 is 0.873 bits per heavy atom. The maximum absolute atomic E-state index is 9.34. The van der Waals surface area contributed by atoms with Gasteiger partial charge >= 0.3 is 0 Å². The number of imidazole rings is 2. The van der Waals surface area contributed by atoms with Gasteiger partial charge in [-0.25, -0.2) is 4.98 Å². The summed E-state index contributed by atoms with van der Waals surface area (Å²) in [5, 5.41) is 18.7. The summed E-state index contributed by atoms with van der Waals surface area (Å²) in [5.74, 6) is 3.01. The summed E-state index contributed by atoms with van der Waals surface area (Å²) in [6.45, 7) is 17.9. The molecule has 0 bridgehead atoms. The van der Waals surface area contributed by atoms with Gasteiger partial charge in [0.15, 0.2) is 0 Å². The van der Waals surface area contributed by atoms with E-state index in [1.807, 2.05) is 61.2 Å². The van der Waals surface area contributed by atoms with Crippen LogP contribution in [0, 0.1) is 28.7 Å². The Hall–Kier alpha value is -6.63. The Kier molecular flexibility index (Phi) is 14.9. The third-order valence-corrected chi connectivity index (χ3v) is 11.2. The Morgan fingerprint density at radius 1 is 0.460 bits per heavy atom. The first-order chi connectivity index (χ1) is 30.0. The zero-order valence-electron chi connectivity index (χ0n) is 37.3. The van der Waals surface area contributed by atoms with Crippen molar-refractivity contribution >= 4 is 0 Å². The molecule has 0 spiro atoms. The molecule has 0 N–H and O–H groups in total. The van der Waals surface area contributed by atoms with Crippen LogP contribution in [-0.4, -0.2) is 19.1 Å². The van der Waals surface area contributed by atoms with Crippen LogP contribution in [0.4, 0.5) is 0 Å². The summed E-state index contributed by atoms with van der Waals surface area (Å²) in [6.07, 6.45) is 7.70. The standard InChI is InChI=1S/C28H27N3.C28H26N3.Ir/c2*1-19(2)25-16-24(22-10-6-5-7-11-22)17-26(20(3)4)27(25)31-14-13-30-28(31)23-12-8-9-21(15-23)18-29;/h5-17,19-20H,1-4H3;5-11,13-17,19-20H,1-4H3;/q;-1;. The van der Waals surface area contributed by atoms with Crippen LogP contribution in [0.15, 0.2) is 152 Å². The van der Waals surface area contributed by atoms with Crippen LogP contribution < -0.4 is 0 Å². The van der Waals surface area contributed by atoms with E-state index in [0.29, 0.717) is 34.8 Å². The molecule has 317 valence electrons. The molecule has 0 amide bonds. The molecule has 0 aliphatic rings. The fourth-order valence-electron chi connectivity index (χ4n) is 8.05. The zero-order chi connectivity index (χ0) is 43.9. The molecule has 0 fully saturated rings. The third-order valence-electron chi connectivity index (χ3n) is 11.2. The minimum atomic E-state index is 0. The normalized spacial score (nSPS) is 11.0. The Balaban J connectivity index is 0.000000206. The van der Waals surface area contributed by atoms with Crippen molar-refractivity contribution in [1.82, 2.24) is 19.1 Å². The second-order valence-corrected chi connectivity index (χ2v) is 16.9. The smallest absolute Gasteiger partial charge is 0.144 e. The van der Waals surface area contributed by atoms with Gasteiger partial charge < -0.3 is 4.57 Å². The summed E-state index contributed by atoms with van der Waals surface area (Å²) in [4.78, 5) is 9.32. The summed E-state index contributed by atoms with van der Waals surface area (Å²) in [7, 11) is 0. The molecular formula is C56H53IrN6-. The molecule has 6 nitrogen and oxygen atoms in total. The maximum atomic E-state index is 9.34. The molecule has 63 heavy (non-hydrogen) atoms. The van der Waals surface area contributed by atoms with Crippen LogP contribution in [0.3, 0.4) is 0 Å². The average Bonchev–Trinajstić information content (AvgIpc) is 4.00. The number of hydrogen-bond donors (Lipinski definition) is 0. The molecule has 0 saturated heterocycles. The second kappa shape index (κ2) is 20.5. The van der Waals surface area contributed by atoms with E-state index >= 15 is 0 Å². The van der Waals surface area contributed by atoms with Gasteiger partial charge in [-0.15, -0.1) is 29.8 Å². The average molecular weight is 1000 g/mol. The van der Waals surface area contributed by atoms with Crippen LogP contribution in [0.1, 0.15) is 112 Å². The summed E-state index contributed by atoms with van der Waals surface area (Å²) in [5.41, 5.74) is 15.4. The topological polar surface area (TPSA) is 83.2 Å². The number of rotatable bonds is 10. The molecular weight excluding hydrogens is 949 g/mol. The fourth-order valence-corrected chi connectivity index (χ4v) is 8.05. The van der Waals surface area contributed by atoms with E-state index in [1.54, 1.807) is 12.1 Å². The molecule has 7 heteroatoms. The summed E-state index contributed by atoms with van der Waals surface area (Å²) in [6, 6.07) is 51.1. The SMILES string of the molecule is CC(C)c1cc(-c2ccccc2)cc(C(C)C)c1-n1ccnc1-c1[c-]ccc(C#N)c1.CC(C)c1cc(-c2ccccc2)cc(C(C)C)c1-n1ccnc1-c1cccc(C#N)c1.[Ir]. The second-order valence-electron chi connectivity index (χ2n) is 16.9. The molecule has 2 aromatic heterocycles. The molecule has 0 atom stereocenters. The van der Waals surface area contributed by atoms with E-state index in [0.717, 1.165) is 22.8 Å². The summed E-state index contributed by atoms with van der Waals surface area (Å²) < 4.78 is 4.35. The van der Waals surface area contributed by atoms with E-state index in [2.05, 4.69) is 172 Å². The van der Waals surface area contributed by atoms with Gasteiger partial charge in [0.2, 0.25) is 0 Å². The molecule has 0 saturated carbocycles. The van der Waals surface area contributed by atoms with E-state index in [1.165, 1.54) is 55.9 Å². The molecule has 6 aromatic carbocycles. The maximum Gasteiger partial charge on any atom is 0.144 e. The van der Waals surface area contributed by atoms with Crippen LogP contribution >= 0.6 is 0 Å². The van der Waals surface area contributed by atoms with Gasteiger partial charge in [0.05, 0.1) is 29.2 Å². The fraction of sp³-hybridized carbons (Fsp3) is 0.214. The summed E-state index contributed by atoms with van der Waals surface area (Å²) >= 11 is 0. The van der Waals surface area contributed by atoms with E-state index in [-0.39, 0.29) is 20.1 Å². The van der Waals surface area contributed by atoms with Gasteiger partial charge in [0, 0.05) is 56.1 Å². The van der Waals surface area contributed by atoms with E-state index in [9.17, 15) is 10.5 Å². The molecule has 8 rings (SSSR count). The third kappa shape index (κ3) is 10.0. The Morgan fingerprint density at radius 3 is 1.32 bits per heavy atom. The Labute approximate surface area is 386 Å². The van der Waals surface area contributed by atoms with Crippen LogP contribution in [0.5, 0.6) is 0 Å². The van der Waals surface area contributed by atoms with Gasteiger partial charge in [-0.05, 0) is 110 Å². The monoisotopic (exact) mass is 1000 g/mol. The number of nitrogens with zero attached hydrogens (tertiary/aromatic N) is 6. The van der Waals surface area contributed by atoms with Crippen molar-refractivity contribution in [3.8, 4) is 68.5 Å². The van der Waals surface area contributed by atoms with E-state index < -0.39 is 0 Å². The molecule has 1 radical (unpaired) electrons. The van der Waals surface area contributed by atoms with Crippen molar-refractivity contribution in [3.05, 3.63) is 192 Å². The van der Waals surface area contributed by atoms with E-state index in [4.69, 9.17) is 0 Å². The first kappa shape index (κ1) is 45.9. The van der Waals surface area contributed by atoms with Crippen molar-refractivity contribution in [2.45, 2.75) is 79.1 Å². The van der Waals surface area contributed by atoms with Crippen molar-refractivity contribution in [2.24, 2.45) is 0 Å². The molecule has 0 unspecified atom stereocenters. The number of hydrogen-bond acceptors (Lipinski definition) is 4. The van der Waals surface area contributed by atoms with Gasteiger partial charge in [-0.2, -0.15) is 10.5 Å². The first-order valence-electron chi connectivity index (χ1n) is 21.5. The predicted octanol–water partition coefficient (Wildman–Crippen LogP) is 14.4. The Bertz CT molecular complexity index is 2630. The first-order valence-corrected chi connectivity index (χ1v) is 21.5.